The molecule has 1 N–H and O–H groups in total. The summed E-state index contributed by atoms with van der Waals surface area (Å²) in [4.78, 5) is 57.6. The number of rotatable bonds is 13. The standard InChI is InChI=1S/C28H28ClF4N3O6/c1-4-10-42-35(3)23(38)13-20(22(37)14-41-26-24(32)18(30)12-19(31)25(26)33)34-27(39)21(5-2)36-9-8-15-6-7-16(29)11-17(15)28(36)40/h6-9,11-12,20-21H,4-5,10,13-14H2,1-3H3,(H,34,39)/t20?,21-/m0/s1. The monoisotopic (exact) mass is 613 g/mol. The lowest BCUT2D eigenvalue weighted by molar-refractivity contribution is -0.179. The Labute approximate surface area is 242 Å². The quantitative estimate of drug-likeness (QED) is 0.173. The van der Waals surface area contributed by atoms with Crippen molar-refractivity contribution in [2.24, 2.45) is 0 Å². The number of fused-ring (bicyclic) bond motifs is 1. The Morgan fingerprint density at radius 2 is 1.71 bits per heavy atom. The lowest BCUT2D eigenvalue weighted by Crippen LogP contribution is -2.49. The van der Waals surface area contributed by atoms with Crippen molar-refractivity contribution in [2.75, 3.05) is 20.3 Å². The van der Waals surface area contributed by atoms with Crippen LogP contribution in [0.5, 0.6) is 5.75 Å². The molecule has 0 fully saturated rings. The summed E-state index contributed by atoms with van der Waals surface area (Å²) in [6.07, 6.45) is 1.38. The summed E-state index contributed by atoms with van der Waals surface area (Å²) >= 11 is 6.03. The first-order valence-corrected chi connectivity index (χ1v) is 13.3. The van der Waals surface area contributed by atoms with Gasteiger partial charge >= 0.3 is 0 Å². The van der Waals surface area contributed by atoms with Gasteiger partial charge in [-0.2, -0.15) is 8.78 Å². The van der Waals surface area contributed by atoms with Crippen LogP contribution in [0.15, 0.2) is 41.3 Å². The Kier molecular flexibility index (Phi) is 11.1. The zero-order valence-corrected chi connectivity index (χ0v) is 23.6. The van der Waals surface area contributed by atoms with E-state index in [2.05, 4.69) is 5.32 Å². The number of hydrogen-bond donors (Lipinski definition) is 1. The molecule has 0 saturated heterocycles. The van der Waals surface area contributed by atoms with Crippen LogP contribution < -0.4 is 15.6 Å². The molecule has 1 aromatic heterocycles. The van der Waals surface area contributed by atoms with Gasteiger partial charge in [-0.25, -0.2) is 13.8 Å². The molecule has 14 heteroatoms. The first-order valence-electron chi connectivity index (χ1n) is 12.9. The Morgan fingerprint density at radius 1 is 1.05 bits per heavy atom. The van der Waals surface area contributed by atoms with E-state index in [0.29, 0.717) is 16.8 Å². The highest BCUT2D eigenvalue weighted by atomic mass is 35.5. The number of nitrogens with one attached hydrogen (secondary N) is 1. The summed E-state index contributed by atoms with van der Waals surface area (Å²) in [5.74, 6) is -11.4. The maximum atomic E-state index is 14.0. The second-order valence-electron chi connectivity index (χ2n) is 9.23. The zero-order valence-electron chi connectivity index (χ0n) is 22.9. The SMILES string of the molecule is CCCON(C)C(=O)CC(NC(=O)[C@H](CC)n1ccc2ccc(Cl)cc2c1=O)C(=O)COc1c(F)c(F)cc(F)c1F. The van der Waals surface area contributed by atoms with E-state index >= 15 is 0 Å². The van der Waals surface area contributed by atoms with Gasteiger partial charge in [0.1, 0.15) is 18.7 Å². The highest BCUT2D eigenvalue weighted by molar-refractivity contribution is 6.31. The van der Waals surface area contributed by atoms with Crippen LogP contribution >= 0.6 is 11.6 Å². The van der Waals surface area contributed by atoms with E-state index in [-0.39, 0.29) is 24.5 Å². The number of Topliss-reactive ketones (excluding diaryl/α,β-unsaturated/α-hetero) is 1. The number of carbonyl (C=O) groups is 3. The van der Waals surface area contributed by atoms with Crippen LogP contribution in [0.1, 0.15) is 39.2 Å². The molecule has 2 aromatic carbocycles. The minimum atomic E-state index is -1.87. The van der Waals surface area contributed by atoms with Crippen molar-refractivity contribution < 1.29 is 41.5 Å². The van der Waals surface area contributed by atoms with Crippen molar-refractivity contribution >= 4 is 40.0 Å². The third-order valence-electron chi connectivity index (χ3n) is 6.27. The first kappa shape index (κ1) is 32.5. The van der Waals surface area contributed by atoms with Gasteiger partial charge in [0, 0.05) is 29.7 Å². The van der Waals surface area contributed by atoms with Crippen molar-refractivity contribution in [1.82, 2.24) is 14.9 Å². The van der Waals surface area contributed by atoms with Crippen LogP contribution in [0.4, 0.5) is 17.6 Å². The van der Waals surface area contributed by atoms with Gasteiger partial charge < -0.3 is 14.6 Å². The number of hydroxylamine groups is 2. The van der Waals surface area contributed by atoms with Gasteiger partial charge in [0.25, 0.3) is 5.56 Å². The molecular weight excluding hydrogens is 586 g/mol. The summed E-state index contributed by atoms with van der Waals surface area (Å²) in [5, 5.41) is 4.37. The molecule has 3 aromatic rings. The fourth-order valence-corrected chi connectivity index (χ4v) is 4.19. The van der Waals surface area contributed by atoms with E-state index in [1.54, 1.807) is 32.0 Å². The number of benzene rings is 2. The van der Waals surface area contributed by atoms with Gasteiger partial charge in [-0.15, -0.1) is 0 Å². The maximum Gasteiger partial charge on any atom is 0.259 e. The number of nitrogens with zero attached hydrogens (tertiary/aromatic N) is 2. The minimum Gasteiger partial charge on any atom is -0.479 e. The van der Waals surface area contributed by atoms with Crippen LogP contribution in [-0.2, 0) is 19.2 Å². The Hall–Kier alpha value is -3.97. The van der Waals surface area contributed by atoms with Crippen LogP contribution in [0.25, 0.3) is 10.8 Å². The number of halogens is 5. The smallest absolute Gasteiger partial charge is 0.259 e. The fraction of sp³-hybridized carbons (Fsp3) is 0.357. The van der Waals surface area contributed by atoms with Crippen molar-refractivity contribution in [1.29, 1.82) is 0 Å². The molecule has 2 atom stereocenters. The van der Waals surface area contributed by atoms with E-state index < -0.39 is 77.3 Å². The fourth-order valence-electron chi connectivity index (χ4n) is 4.02. The van der Waals surface area contributed by atoms with E-state index in [1.165, 1.54) is 19.3 Å². The highest BCUT2D eigenvalue weighted by Gasteiger charge is 2.31. The summed E-state index contributed by atoms with van der Waals surface area (Å²) < 4.78 is 61.1. The third kappa shape index (κ3) is 7.45. The molecule has 0 aliphatic carbocycles. The number of ether oxygens (including phenoxy) is 1. The van der Waals surface area contributed by atoms with Gasteiger partial charge in [-0.05, 0) is 36.4 Å². The largest absolute Gasteiger partial charge is 0.479 e. The van der Waals surface area contributed by atoms with E-state index in [9.17, 15) is 36.7 Å². The Morgan fingerprint density at radius 3 is 2.33 bits per heavy atom. The minimum absolute atomic E-state index is 0.0270. The van der Waals surface area contributed by atoms with Crippen LogP contribution in [0.2, 0.25) is 5.02 Å². The maximum absolute atomic E-state index is 14.0. The molecule has 1 heterocycles. The zero-order chi connectivity index (χ0) is 31.1. The van der Waals surface area contributed by atoms with Crippen LogP contribution in [-0.4, -0.2) is 53.5 Å². The van der Waals surface area contributed by atoms with Gasteiger partial charge in [0.15, 0.2) is 23.2 Å². The molecule has 2 amide bonds. The Balaban J connectivity index is 1.89. The second kappa shape index (κ2) is 14.3. The molecule has 0 aliphatic rings. The number of carbonyl (C=O) groups excluding carboxylic acids is 3. The van der Waals surface area contributed by atoms with Gasteiger partial charge in [-0.1, -0.05) is 31.5 Å². The summed E-state index contributed by atoms with van der Waals surface area (Å²) in [5.41, 5.74) is -0.536. The average molecular weight is 614 g/mol. The van der Waals surface area contributed by atoms with Crippen molar-refractivity contribution in [3.63, 3.8) is 0 Å². The molecule has 0 aliphatic heterocycles. The number of pyridine rings is 1. The summed E-state index contributed by atoms with van der Waals surface area (Å²) in [7, 11) is 1.28. The van der Waals surface area contributed by atoms with Crippen LogP contribution in [0, 0.1) is 23.3 Å². The molecule has 226 valence electrons. The molecule has 42 heavy (non-hydrogen) atoms. The predicted molar refractivity (Wildman–Crippen MR) is 145 cm³/mol. The molecule has 3 rings (SSSR count). The summed E-state index contributed by atoms with van der Waals surface area (Å²) in [6.45, 7) is 2.41. The molecular formula is C28H28ClF4N3O6. The van der Waals surface area contributed by atoms with E-state index in [1.807, 2.05) is 0 Å². The van der Waals surface area contributed by atoms with Gasteiger partial charge in [0.05, 0.1) is 13.0 Å². The predicted octanol–water partition coefficient (Wildman–Crippen LogP) is 4.49. The lowest BCUT2D eigenvalue weighted by atomic mass is 10.1. The van der Waals surface area contributed by atoms with Crippen molar-refractivity contribution in [2.45, 2.75) is 45.2 Å². The topological polar surface area (TPSA) is 107 Å². The highest BCUT2D eigenvalue weighted by Crippen LogP contribution is 2.26. The van der Waals surface area contributed by atoms with Crippen molar-refractivity contribution in [3.8, 4) is 5.75 Å². The number of hydrogen-bond acceptors (Lipinski definition) is 6. The molecule has 0 saturated carbocycles. The second-order valence-corrected chi connectivity index (χ2v) is 9.66. The van der Waals surface area contributed by atoms with Gasteiger partial charge in [-0.3, -0.25) is 24.0 Å². The Bertz CT molecular complexity index is 1520. The van der Waals surface area contributed by atoms with Crippen LogP contribution in [0.3, 0.4) is 0 Å². The summed E-state index contributed by atoms with van der Waals surface area (Å²) in [6, 6.07) is 3.48. The first-order chi connectivity index (χ1) is 19.9. The molecule has 0 spiro atoms. The molecule has 9 nitrogen and oxygen atoms in total. The lowest BCUT2D eigenvalue weighted by Gasteiger charge is -2.24. The van der Waals surface area contributed by atoms with E-state index in [0.717, 1.165) is 9.63 Å². The average Bonchev–Trinajstić information content (AvgIpc) is 2.96. The number of aromatic nitrogens is 1. The van der Waals surface area contributed by atoms with Crippen molar-refractivity contribution in [3.05, 3.63) is 75.2 Å². The van der Waals surface area contributed by atoms with E-state index in [4.69, 9.17) is 21.2 Å². The molecule has 0 bridgehead atoms. The molecule has 0 radical (unpaired) electrons. The number of ketones is 1. The third-order valence-corrected chi connectivity index (χ3v) is 6.51. The molecule has 1 unspecified atom stereocenters. The number of amides is 2. The normalized spacial score (nSPS) is 12.6. The van der Waals surface area contributed by atoms with Gasteiger partial charge in [0.2, 0.25) is 23.4 Å².